The Morgan fingerprint density at radius 2 is 1.05 bits per heavy atom. The van der Waals surface area contributed by atoms with E-state index in [-0.39, 0.29) is 0 Å². The lowest BCUT2D eigenvalue weighted by atomic mass is 10.3. The van der Waals surface area contributed by atoms with Gasteiger partial charge in [0.25, 0.3) is 0 Å². The van der Waals surface area contributed by atoms with Crippen LogP contribution >= 0.6 is 0 Å². The number of hydrogen-bond acceptors (Lipinski definition) is 5. The third kappa shape index (κ3) is 32.4. The van der Waals surface area contributed by atoms with Crippen molar-refractivity contribution < 1.29 is 21.9 Å². The Labute approximate surface area is 128 Å². The van der Waals surface area contributed by atoms with Crippen molar-refractivity contribution in [3.8, 4) is 5.75 Å². The summed E-state index contributed by atoms with van der Waals surface area (Å²) in [5.41, 5.74) is 0. The maximum atomic E-state index is 9.89. The van der Waals surface area contributed by atoms with Gasteiger partial charge in [-0.15, -0.1) is 0 Å². The van der Waals surface area contributed by atoms with Crippen LogP contribution in [-0.4, -0.2) is 48.5 Å². The number of phenolic OH excluding ortho intramolecular Hbond substituents is 1. The zero-order chi connectivity index (χ0) is 17.5. The molecule has 0 saturated heterocycles. The molecule has 7 nitrogen and oxygen atoms in total. The van der Waals surface area contributed by atoms with Gasteiger partial charge in [-0.3, -0.25) is 0 Å². The zero-order valence-corrected chi connectivity index (χ0v) is 14.9. The number of phenols is 1. The minimum absolute atomic E-state index is 0.322. The van der Waals surface area contributed by atoms with Crippen LogP contribution in [0, 0.1) is 0 Å². The molecule has 0 spiro atoms. The van der Waals surface area contributed by atoms with Crippen LogP contribution in [0.25, 0.3) is 0 Å². The molecule has 0 fully saturated rings. The molecular formula is C12H26N2O5S2. The fraction of sp³-hybridized carbons (Fsp3) is 0.500. The summed E-state index contributed by atoms with van der Waals surface area (Å²) in [6.45, 7) is 4.00. The first-order chi connectivity index (χ1) is 9.52. The molecule has 3 N–H and O–H groups in total. The van der Waals surface area contributed by atoms with Gasteiger partial charge < -0.3 is 5.11 Å². The number of rotatable bonds is 2. The van der Waals surface area contributed by atoms with E-state index in [1.807, 2.05) is 19.9 Å². The van der Waals surface area contributed by atoms with Gasteiger partial charge in [0.05, 0.1) is 12.5 Å². The topological polar surface area (TPSA) is 113 Å². The first-order valence-electron chi connectivity index (χ1n) is 6.03. The van der Waals surface area contributed by atoms with Crippen molar-refractivity contribution in [2.75, 3.05) is 26.6 Å². The van der Waals surface area contributed by atoms with Gasteiger partial charge in [0.1, 0.15) is 5.75 Å². The van der Waals surface area contributed by atoms with E-state index in [0.29, 0.717) is 5.75 Å². The molecule has 0 aliphatic carbocycles. The summed E-state index contributed by atoms with van der Waals surface area (Å²) < 4.78 is 43.7. The van der Waals surface area contributed by atoms with Crippen molar-refractivity contribution in [1.82, 2.24) is 9.44 Å². The van der Waals surface area contributed by atoms with Gasteiger partial charge in [0.2, 0.25) is 20.0 Å². The maximum absolute atomic E-state index is 9.89. The molecule has 0 aliphatic rings. The average molecular weight is 342 g/mol. The Morgan fingerprint density at radius 1 is 0.810 bits per heavy atom. The zero-order valence-electron chi connectivity index (χ0n) is 13.3. The molecular weight excluding hydrogens is 316 g/mol. The maximum Gasteiger partial charge on any atom is 0.208 e. The van der Waals surface area contributed by atoms with E-state index in [0.717, 1.165) is 12.5 Å². The normalized spacial score (nSPS) is 9.81. The second-order valence-electron chi connectivity index (χ2n) is 3.29. The van der Waals surface area contributed by atoms with E-state index in [4.69, 9.17) is 5.11 Å². The molecule has 0 aromatic heterocycles. The summed E-state index contributed by atoms with van der Waals surface area (Å²) in [6.07, 6.45) is 2.21. The van der Waals surface area contributed by atoms with E-state index < -0.39 is 20.0 Å². The summed E-state index contributed by atoms with van der Waals surface area (Å²) in [5.74, 6) is 0.322. The van der Waals surface area contributed by atoms with Crippen molar-refractivity contribution in [3.63, 3.8) is 0 Å². The highest BCUT2D eigenvalue weighted by Gasteiger charge is 1.88. The summed E-state index contributed by atoms with van der Waals surface area (Å²) in [6, 6.07) is 8.71. The Hall–Kier alpha value is -1.16. The largest absolute Gasteiger partial charge is 0.508 e. The predicted molar refractivity (Wildman–Crippen MR) is 87.3 cm³/mol. The van der Waals surface area contributed by atoms with Crippen molar-refractivity contribution in [2.24, 2.45) is 0 Å². The molecule has 9 heteroatoms. The summed E-state index contributed by atoms with van der Waals surface area (Å²) in [5, 5.41) is 8.63. The van der Waals surface area contributed by atoms with E-state index in [1.165, 1.54) is 14.1 Å². The molecule has 21 heavy (non-hydrogen) atoms. The highest BCUT2D eigenvalue weighted by molar-refractivity contribution is 7.88. The van der Waals surface area contributed by atoms with Crippen LogP contribution in [0.1, 0.15) is 13.8 Å². The summed E-state index contributed by atoms with van der Waals surface area (Å²) >= 11 is 0. The quantitative estimate of drug-likeness (QED) is 0.734. The molecule has 0 saturated carbocycles. The molecule has 0 unspecified atom stereocenters. The Bertz CT molecular complexity index is 496. The number of hydrogen-bond donors (Lipinski definition) is 3. The minimum Gasteiger partial charge on any atom is -0.508 e. The van der Waals surface area contributed by atoms with Crippen molar-refractivity contribution in [1.29, 1.82) is 0 Å². The number of benzene rings is 1. The SMILES string of the molecule is CC.CNS(C)(=O)=O.CNS(C)(=O)=O.Oc1ccccc1. The number of sulfonamides is 2. The Morgan fingerprint density at radius 3 is 1.14 bits per heavy atom. The van der Waals surface area contributed by atoms with Gasteiger partial charge in [-0.1, -0.05) is 32.0 Å². The highest BCUT2D eigenvalue weighted by Crippen LogP contribution is 2.02. The van der Waals surface area contributed by atoms with Gasteiger partial charge in [-0.2, -0.15) is 0 Å². The van der Waals surface area contributed by atoms with Crippen LogP contribution in [0.3, 0.4) is 0 Å². The van der Waals surface area contributed by atoms with Crippen LogP contribution in [0.15, 0.2) is 30.3 Å². The van der Waals surface area contributed by atoms with Crippen LogP contribution in [0.4, 0.5) is 0 Å². The fourth-order valence-corrected chi connectivity index (χ4v) is 0.428. The number of nitrogens with one attached hydrogen (secondary N) is 2. The third-order valence-corrected chi connectivity index (χ3v) is 2.98. The van der Waals surface area contributed by atoms with Crippen LogP contribution in [0.5, 0.6) is 5.75 Å². The van der Waals surface area contributed by atoms with Crippen LogP contribution in [0.2, 0.25) is 0 Å². The van der Waals surface area contributed by atoms with Crippen molar-refractivity contribution in [3.05, 3.63) is 30.3 Å². The lowest BCUT2D eigenvalue weighted by Crippen LogP contribution is -2.15. The van der Waals surface area contributed by atoms with Crippen LogP contribution < -0.4 is 9.44 Å². The second kappa shape index (κ2) is 13.8. The standard InChI is InChI=1S/C6H6O.2C2H7NO2S.C2H6/c7-6-4-2-1-3-5-6;2*1-3-6(2,4)5;1-2/h1-5,7H;2*3H,1-2H3;1-2H3. The van der Waals surface area contributed by atoms with Gasteiger partial charge in [-0.25, -0.2) is 26.3 Å². The molecule has 1 aromatic rings. The average Bonchev–Trinajstić information content (AvgIpc) is 2.42. The first kappa shape index (κ1) is 24.8. The van der Waals surface area contributed by atoms with Gasteiger partial charge in [0.15, 0.2) is 0 Å². The lowest BCUT2D eigenvalue weighted by Gasteiger charge is -1.85. The van der Waals surface area contributed by atoms with Gasteiger partial charge in [-0.05, 0) is 26.2 Å². The number of para-hydroxylation sites is 1. The molecule has 0 amide bonds. The summed E-state index contributed by atoms with van der Waals surface area (Å²) in [7, 11) is -3.08. The number of aromatic hydroxyl groups is 1. The van der Waals surface area contributed by atoms with E-state index in [2.05, 4.69) is 9.44 Å². The molecule has 126 valence electrons. The monoisotopic (exact) mass is 342 g/mol. The highest BCUT2D eigenvalue weighted by atomic mass is 32.2. The molecule has 0 aliphatic heterocycles. The Balaban J connectivity index is -0.000000219. The minimum atomic E-state index is -2.91. The van der Waals surface area contributed by atoms with Gasteiger partial charge >= 0.3 is 0 Å². The Kier molecular flexibility index (Phi) is 16.3. The van der Waals surface area contributed by atoms with E-state index >= 15 is 0 Å². The van der Waals surface area contributed by atoms with E-state index in [9.17, 15) is 16.8 Å². The molecule has 0 radical (unpaired) electrons. The lowest BCUT2D eigenvalue weighted by molar-refractivity contribution is 0.475. The molecule has 0 atom stereocenters. The summed E-state index contributed by atoms with van der Waals surface area (Å²) in [4.78, 5) is 0. The molecule has 0 heterocycles. The molecule has 1 aromatic carbocycles. The van der Waals surface area contributed by atoms with Gasteiger partial charge in [0, 0.05) is 0 Å². The molecule has 1 rings (SSSR count). The van der Waals surface area contributed by atoms with Crippen molar-refractivity contribution >= 4 is 20.0 Å². The van der Waals surface area contributed by atoms with Crippen molar-refractivity contribution in [2.45, 2.75) is 13.8 Å². The first-order valence-corrected chi connectivity index (χ1v) is 9.81. The second-order valence-corrected chi connectivity index (χ2v) is 7.19. The predicted octanol–water partition coefficient (Wildman–Crippen LogP) is 0.749. The smallest absolute Gasteiger partial charge is 0.208 e. The fourth-order valence-electron chi connectivity index (χ4n) is 0.428. The third-order valence-electron chi connectivity index (χ3n) is 1.50. The van der Waals surface area contributed by atoms with E-state index in [1.54, 1.807) is 24.3 Å². The molecule has 0 bridgehead atoms. The van der Waals surface area contributed by atoms with Crippen LogP contribution in [-0.2, 0) is 20.0 Å².